The van der Waals surface area contributed by atoms with Crippen molar-refractivity contribution in [2.75, 3.05) is 0 Å². The van der Waals surface area contributed by atoms with Crippen molar-refractivity contribution in [2.24, 2.45) is 0 Å². The van der Waals surface area contributed by atoms with Gasteiger partial charge in [-0.2, -0.15) is 0 Å². The van der Waals surface area contributed by atoms with Gasteiger partial charge in [0.25, 0.3) is 0 Å². The number of benzene rings is 1. The zero-order chi connectivity index (χ0) is 14.7. The van der Waals surface area contributed by atoms with E-state index in [0.717, 1.165) is 17.1 Å². The molecule has 1 aromatic heterocycles. The van der Waals surface area contributed by atoms with Gasteiger partial charge < -0.3 is 5.32 Å². The van der Waals surface area contributed by atoms with Crippen molar-refractivity contribution in [3.63, 3.8) is 0 Å². The monoisotopic (exact) mass is 354 g/mol. The first-order valence-corrected chi connectivity index (χ1v) is 7.43. The summed E-state index contributed by atoms with van der Waals surface area (Å²) in [5, 5.41) is 8.28. The summed E-state index contributed by atoms with van der Waals surface area (Å²) in [7, 11) is 0. The summed E-state index contributed by atoms with van der Waals surface area (Å²) >= 11 is 9.34. The fourth-order valence-electron chi connectivity index (χ4n) is 1.90. The molecule has 0 bridgehead atoms. The summed E-state index contributed by atoms with van der Waals surface area (Å²) in [4.78, 5) is 4.40. The normalized spacial score (nSPS) is 10.8. The Morgan fingerprint density at radius 2 is 2.25 bits per heavy atom. The predicted octanol–water partition coefficient (Wildman–Crippen LogP) is 3.87. The molecule has 4 nitrogen and oxygen atoms in total. The van der Waals surface area contributed by atoms with Crippen molar-refractivity contribution in [3.8, 4) is 11.4 Å². The summed E-state index contributed by atoms with van der Waals surface area (Å²) in [6.45, 7) is 8.70. The van der Waals surface area contributed by atoms with Crippen LogP contribution in [0.5, 0.6) is 0 Å². The number of halogens is 2. The topological polar surface area (TPSA) is 42.7 Å². The molecule has 1 N–H and O–H groups in total. The van der Waals surface area contributed by atoms with Crippen LogP contribution in [0.15, 0.2) is 41.3 Å². The van der Waals surface area contributed by atoms with Crippen LogP contribution in [0.25, 0.3) is 11.4 Å². The highest BCUT2D eigenvalue weighted by Crippen LogP contribution is 2.23. The summed E-state index contributed by atoms with van der Waals surface area (Å²) in [6.07, 6.45) is 0. The van der Waals surface area contributed by atoms with E-state index in [1.54, 1.807) is 4.68 Å². The molecule has 0 fully saturated rings. The number of hydrogen-bond acceptors (Lipinski definition) is 3. The van der Waals surface area contributed by atoms with Gasteiger partial charge in [0.05, 0.1) is 6.54 Å². The van der Waals surface area contributed by atoms with E-state index in [-0.39, 0.29) is 0 Å². The Labute approximate surface area is 132 Å². The fraction of sp³-hybridized carbons (Fsp3) is 0.286. The number of nitrogens with zero attached hydrogens (tertiary/aromatic N) is 3. The van der Waals surface area contributed by atoms with Gasteiger partial charge in [0.2, 0.25) is 4.73 Å². The number of allylic oxidation sites excluding steroid dienone is 1. The van der Waals surface area contributed by atoms with E-state index in [0.29, 0.717) is 22.3 Å². The minimum Gasteiger partial charge on any atom is -0.385 e. The molecule has 2 rings (SSSR count). The second kappa shape index (κ2) is 6.41. The highest BCUT2D eigenvalue weighted by molar-refractivity contribution is 9.10. The van der Waals surface area contributed by atoms with Gasteiger partial charge in [0.1, 0.15) is 0 Å². The summed E-state index contributed by atoms with van der Waals surface area (Å²) in [6, 6.07) is 7.89. The Morgan fingerprint density at radius 3 is 2.90 bits per heavy atom. The second-order valence-electron chi connectivity index (χ2n) is 4.78. The fourth-order valence-corrected chi connectivity index (χ4v) is 2.45. The molecule has 1 heterocycles. The molecule has 0 atom stereocenters. The van der Waals surface area contributed by atoms with Gasteiger partial charge in [-0.05, 0) is 41.9 Å². The van der Waals surface area contributed by atoms with Crippen LogP contribution < -0.4 is 5.32 Å². The van der Waals surface area contributed by atoms with Gasteiger partial charge in [-0.15, -0.1) is 5.10 Å². The first kappa shape index (κ1) is 15.1. The summed E-state index contributed by atoms with van der Waals surface area (Å²) in [5.41, 5.74) is 1.81. The third-order valence-corrected chi connectivity index (χ3v) is 3.13. The molecule has 0 spiro atoms. The molecule has 6 heteroatoms. The van der Waals surface area contributed by atoms with Gasteiger partial charge in [-0.1, -0.05) is 30.3 Å². The molecule has 20 heavy (non-hydrogen) atoms. The Bertz CT molecular complexity index is 621. The average Bonchev–Trinajstić information content (AvgIpc) is 2.69. The van der Waals surface area contributed by atoms with Crippen LogP contribution in [0.4, 0.5) is 0 Å². The largest absolute Gasteiger partial charge is 0.385 e. The van der Waals surface area contributed by atoms with Crippen LogP contribution in [-0.2, 0) is 6.54 Å². The van der Waals surface area contributed by atoms with Crippen LogP contribution in [-0.4, -0.2) is 20.8 Å². The maximum Gasteiger partial charge on any atom is 0.217 e. The standard InChI is InChI=1S/C14H16BrClN4/c1-9(2)17-10(3)8-20-13(18-14(15)19-20)11-5-4-6-12(16)7-11/h4-7,9,17H,3,8H2,1-2H3. The zero-order valence-electron chi connectivity index (χ0n) is 11.4. The first-order chi connectivity index (χ1) is 9.45. The van der Waals surface area contributed by atoms with Crippen LogP contribution in [0.2, 0.25) is 5.02 Å². The van der Waals surface area contributed by atoms with E-state index >= 15 is 0 Å². The Morgan fingerprint density at radius 1 is 1.50 bits per heavy atom. The van der Waals surface area contributed by atoms with E-state index in [1.165, 1.54) is 0 Å². The van der Waals surface area contributed by atoms with Crippen molar-refractivity contribution in [3.05, 3.63) is 46.3 Å². The maximum atomic E-state index is 6.03. The average molecular weight is 356 g/mol. The molecular weight excluding hydrogens is 340 g/mol. The minimum atomic E-state index is 0.337. The van der Waals surface area contributed by atoms with Gasteiger partial charge in [0, 0.05) is 22.3 Å². The second-order valence-corrected chi connectivity index (χ2v) is 5.92. The highest BCUT2D eigenvalue weighted by atomic mass is 79.9. The molecule has 0 aliphatic heterocycles. The van der Waals surface area contributed by atoms with E-state index in [1.807, 2.05) is 24.3 Å². The molecular formula is C14H16BrClN4. The molecule has 1 aromatic carbocycles. The molecule has 0 saturated carbocycles. The Kier molecular flexibility index (Phi) is 4.83. The lowest BCUT2D eigenvalue weighted by Gasteiger charge is -2.13. The SMILES string of the molecule is C=C(Cn1nc(Br)nc1-c1cccc(Cl)c1)NC(C)C. The molecule has 0 radical (unpaired) electrons. The highest BCUT2D eigenvalue weighted by Gasteiger charge is 2.12. The number of aromatic nitrogens is 3. The van der Waals surface area contributed by atoms with Crippen molar-refractivity contribution in [2.45, 2.75) is 26.4 Å². The lowest BCUT2D eigenvalue weighted by atomic mass is 10.2. The van der Waals surface area contributed by atoms with Crippen molar-refractivity contribution >= 4 is 27.5 Å². The molecule has 0 unspecified atom stereocenters. The third kappa shape index (κ3) is 3.84. The van der Waals surface area contributed by atoms with Gasteiger partial charge >= 0.3 is 0 Å². The molecule has 0 aliphatic rings. The number of nitrogens with one attached hydrogen (secondary N) is 1. The van der Waals surface area contributed by atoms with E-state index < -0.39 is 0 Å². The lowest BCUT2D eigenvalue weighted by Crippen LogP contribution is -2.24. The predicted molar refractivity (Wildman–Crippen MR) is 85.6 cm³/mol. The quantitative estimate of drug-likeness (QED) is 0.885. The van der Waals surface area contributed by atoms with Gasteiger partial charge in [-0.25, -0.2) is 9.67 Å². The zero-order valence-corrected chi connectivity index (χ0v) is 13.7. The van der Waals surface area contributed by atoms with E-state index in [9.17, 15) is 0 Å². The number of hydrogen-bond donors (Lipinski definition) is 1. The van der Waals surface area contributed by atoms with Crippen LogP contribution in [0, 0.1) is 0 Å². The molecule has 0 aliphatic carbocycles. The molecule has 0 saturated heterocycles. The molecule has 2 aromatic rings. The molecule has 106 valence electrons. The number of rotatable bonds is 5. The van der Waals surface area contributed by atoms with E-state index in [4.69, 9.17) is 11.6 Å². The third-order valence-electron chi connectivity index (χ3n) is 2.56. The first-order valence-electron chi connectivity index (χ1n) is 6.26. The summed E-state index contributed by atoms with van der Waals surface area (Å²) in [5.74, 6) is 0.756. The minimum absolute atomic E-state index is 0.337. The van der Waals surface area contributed by atoms with E-state index in [2.05, 4.69) is 51.8 Å². The van der Waals surface area contributed by atoms with Crippen molar-refractivity contribution < 1.29 is 0 Å². The van der Waals surface area contributed by atoms with Crippen LogP contribution >= 0.6 is 27.5 Å². The molecule has 0 amide bonds. The van der Waals surface area contributed by atoms with Gasteiger partial charge in [-0.3, -0.25) is 0 Å². The Hall–Kier alpha value is -1.33. The van der Waals surface area contributed by atoms with Crippen molar-refractivity contribution in [1.29, 1.82) is 0 Å². The lowest BCUT2D eigenvalue weighted by molar-refractivity contribution is 0.588. The maximum absolute atomic E-state index is 6.03. The van der Waals surface area contributed by atoms with Crippen LogP contribution in [0.1, 0.15) is 13.8 Å². The Balaban J connectivity index is 2.29. The smallest absolute Gasteiger partial charge is 0.217 e. The van der Waals surface area contributed by atoms with Crippen LogP contribution in [0.3, 0.4) is 0 Å². The van der Waals surface area contributed by atoms with Gasteiger partial charge in [0.15, 0.2) is 5.82 Å². The van der Waals surface area contributed by atoms with Crippen molar-refractivity contribution in [1.82, 2.24) is 20.1 Å². The summed E-state index contributed by atoms with van der Waals surface area (Å²) < 4.78 is 2.35.